The molecule has 0 saturated heterocycles. The fourth-order valence-electron chi connectivity index (χ4n) is 1.42. The fourth-order valence-corrected chi connectivity index (χ4v) is 1.91. The van der Waals surface area contributed by atoms with Crippen molar-refractivity contribution in [3.8, 4) is 0 Å². The highest BCUT2D eigenvalue weighted by molar-refractivity contribution is 6.36. The lowest BCUT2D eigenvalue weighted by Gasteiger charge is -2.08. The Kier molecular flexibility index (Phi) is 7.70. The molecule has 2 N–H and O–H groups in total. The highest BCUT2D eigenvalue weighted by Gasteiger charge is 2.14. The number of carbonyl (C=O) groups is 3. The van der Waals surface area contributed by atoms with Crippen LogP contribution in [0, 0.1) is 0 Å². The van der Waals surface area contributed by atoms with E-state index in [4.69, 9.17) is 27.9 Å². The number of rotatable bonds is 7. The fraction of sp³-hybridized carbons (Fsp3) is 0.357. The van der Waals surface area contributed by atoms with Crippen LogP contribution in [0.3, 0.4) is 0 Å². The van der Waals surface area contributed by atoms with Gasteiger partial charge in [-0.1, -0.05) is 30.1 Å². The molecule has 2 amide bonds. The number of ether oxygens (including phenoxy) is 1. The predicted molar refractivity (Wildman–Crippen MR) is 83.1 cm³/mol. The molecule has 22 heavy (non-hydrogen) atoms. The van der Waals surface area contributed by atoms with Crippen molar-refractivity contribution >= 4 is 41.0 Å². The second-order valence-electron chi connectivity index (χ2n) is 4.33. The number of hydrogen-bond acceptors (Lipinski definition) is 4. The molecule has 1 aromatic rings. The van der Waals surface area contributed by atoms with Gasteiger partial charge in [0.15, 0.2) is 6.61 Å². The van der Waals surface area contributed by atoms with Gasteiger partial charge in [0.05, 0.1) is 17.1 Å². The maximum absolute atomic E-state index is 11.8. The maximum atomic E-state index is 11.8. The Morgan fingerprint density at radius 2 is 1.86 bits per heavy atom. The number of benzene rings is 1. The van der Waals surface area contributed by atoms with E-state index in [-0.39, 0.29) is 23.0 Å². The van der Waals surface area contributed by atoms with E-state index in [0.29, 0.717) is 11.6 Å². The molecule has 0 aliphatic heterocycles. The van der Waals surface area contributed by atoms with Gasteiger partial charge in [0.2, 0.25) is 5.91 Å². The highest BCUT2D eigenvalue weighted by atomic mass is 35.5. The molecular formula is C14H16Cl2N2O4. The van der Waals surface area contributed by atoms with Gasteiger partial charge in [-0.15, -0.1) is 0 Å². The van der Waals surface area contributed by atoms with E-state index in [1.165, 1.54) is 18.2 Å². The lowest BCUT2D eigenvalue weighted by Crippen LogP contribution is -2.38. The minimum atomic E-state index is -0.743. The molecule has 0 aliphatic carbocycles. The molecule has 120 valence electrons. The number of nitrogens with one attached hydrogen (secondary N) is 2. The normalized spacial score (nSPS) is 9.95. The zero-order valence-corrected chi connectivity index (χ0v) is 13.5. The van der Waals surface area contributed by atoms with E-state index in [1.54, 1.807) is 0 Å². The molecule has 0 unspecified atom stereocenters. The average molecular weight is 347 g/mol. The minimum absolute atomic E-state index is 0.111. The van der Waals surface area contributed by atoms with Crippen LogP contribution in [0.4, 0.5) is 0 Å². The number of hydrogen-bond donors (Lipinski definition) is 2. The van der Waals surface area contributed by atoms with Crippen molar-refractivity contribution in [3.05, 3.63) is 33.8 Å². The first-order valence-corrected chi connectivity index (χ1v) is 7.35. The van der Waals surface area contributed by atoms with Gasteiger partial charge in [-0.3, -0.25) is 9.59 Å². The van der Waals surface area contributed by atoms with Crippen LogP contribution in [0.2, 0.25) is 10.0 Å². The third-order valence-corrected chi connectivity index (χ3v) is 3.05. The highest BCUT2D eigenvalue weighted by Crippen LogP contribution is 2.21. The second-order valence-corrected chi connectivity index (χ2v) is 5.17. The molecule has 0 radical (unpaired) electrons. The summed E-state index contributed by atoms with van der Waals surface area (Å²) in [7, 11) is 0. The first-order chi connectivity index (χ1) is 10.4. The Labute approximate surface area is 138 Å². The maximum Gasteiger partial charge on any atom is 0.340 e. The molecule has 0 spiro atoms. The zero-order valence-electron chi connectivity index (χ0n) is 11.9. The Morgan fingerprint density at radius 1 is 1.14 bits per heavy atom. The largest absolute Gasteiger partial charge is 0.452 e. The van der Waals surface area contributed by atoms with Crippen molar-refractivity contribution in [2.75, 3.05) is 19.7 Å². The van der Waals surface area contributed by atoms with E-state index in [9.17, 15) is 14.4 Å². The van der Waals surface area contributed by atoms with E-state index in [1.807, 2.05) is 6.92 Å². The topological polar surface area (TPSA) is 84.5 Å². The Morgan fingerprint density at radius 3 is 2.50 bits per heavy atom. The lowest BCUT2D eigenvalue weighted by atomic mass is 10.2. The SMILES string of the molecule is CCCNC(=O)CNC(=O)COC(=O)c1ccc(Cl)cc1Cl. The van der Waals surface area contributed by atoms with Crippen molar-refractivity contribution < 1.29 is 19.1 Å². The van der Waals surface area contributed by atoms with Gasteiger partial charge in [0, 0.05) is 11.6 Å². The van der Waals surface area contributed by atoms with Gasteiger partial charge in [0.25, 0.3) is 5.91 Å². The number of amides is 2. The van der Waals surface area contributed by atoms with Crippen molar-refractivity contribution in [1.82, 2.24) is 10.6 Å². The first kappa shape index (κ1) is 18.3. The summed E-state index contributed by atoms with van der Waals surface area (Å²) in [6, 6.07) is 4.29. The summed E-state index contributed by atoms with van der Waals surface area (Å²) in [6.07, 6.45) is 0.805. The summed E-state index contributed by atoms with van der Waals surface area (Å²) in [6.45, 7) is 1.79. The second kappa shape index (κ2) is 9.27. The molecule has 8 heteroatoms. The molecule has 0 saturated carbocycles. The van der Waals surface area contributed by atoms with Crippen LogP contribution in [-0.2, 0) is 14.3 Å². The molecular weight excluding hydrogens is 331 g/mol. The minimum Gasteiger partial charge on any atom is -0.452 e. The summed E-state index contributed by atoms with van der Waals surface area (Å²) in [5.74, 6) is -1.63. The molecule has 0 atom stereocenters. The van der Waals surface area contributed by atoms with Crippen LogP contribution in [0.1, 0.15) is 23.7 Å². The van der Waals surface area contributed by atoms with E-state index < -0.39 is 18.5 Å². The molecule has 1 aromatic carbocycles. The predicted octanol–water partition coefficient (Wildman–Crippen LogP) is 1.79. The number of esters is 1. The molecule has 0 bridgehead atoms. The summed E-state index contributed by atoms with van der Waals surface area (Å²) < 4.78 is 4.81. The molecule has 0 aliphatic rings. The van der Waals surface area contributed by atoms with E-state index in [2.05, 4.69) is 10.6 Å². The van der Waals surface area contributed by atoms with Crippen LogP contribution < -0.4 is 10.6 Å². The average Bonchev–Trinajstić information content (AvgIpc) is 2.48. The number of carbonyl (C=O) groups excluding carboxylic acids is 3. The Balaban J connectivity index is 2.37. The quantitative estimate of drug-likeness (QED) is 0.737. The molecule has 0 heterocycles. The summed E-state index contributed by atoms with van der Waals surface area (Å²) in [4.78, 5) is 34.5. The summed E-state index contributed by atoms with van der Waals surface area (Å²) in [5.41, 5.74) is 0.111. The molecule has 1 rings (SSSR count). The van der Waals surface area contributed by atoms with Gasteiger partial charge in [-0.2, -0.15) is 0 Å². The summed E-state index contributed by atoms with van der Waals surface area (Å²) >= 11 is 11.6. The van der Waals surface area contributed by atoms with Crippen molar-refractivity contribution in [2.45, 2.75) is 13.3 Å². The van der Waals surface area contributed by atoms with Crippen molar-refractivity contribution in [1.29, 1.82) is 0 Å². The molecule has 6 nitrogen and oxygen atoms in total. The smallest absolute Gasteiger partial charge is 0.340 e. The molecule has 0 aromatic heterocycles. The monoisotopic (exact) mass is 346 g/mol. The van der Waals surface area contributed by atoms with Gasteiger partial charge >= 0.3 is 5.97 Å². The van der Waals surface area contributed by atoms with Crippen LogP contribution in [0.15, 0.2) is 18.2 Å². The van der Waals surface area contributed by atoms with Crippen LogP contribution in [0.25, 0.3) is 0 Å². The van der Waals surface area contributed by atoms with Gasteiger partial charge in [-0.05, 0) is 24.6 Å². The first-order valence-electron chi connectivity index (χ1n) is 6.59. The standard InChI is InChI=1S/C14H16Cl2N2O4/c1-2-5-17-12(19)7-18-13(20)8-22-14(21)10-4-3-9(15)6-11(10)16/h3-4,6H,2,5,7-8H2,1H3,(H,17,19)(H,18,20). The Hall–Kier alpha value is -1.79. The zero-order chi connectivity index (χ0) is 16.5. The van der Waals surface area contributed by atoms with E-state index >= 15 is 0 Å². The summed E-state index contributed by atoms with van der Waals surface area (Å²) in [5, 5.41) is 5.46. The van der Waals surface area contributed by atoms with Gasteiger partial charge in [0.1, 0.15) is 0 Å². The van der Waals surface area contributed by atoms with Gasteiger partial charge < -0.3 is 15.4 Å². The lowest BCUT2D eigenvalue weighted by molar-refractivity contribution is -0.127. The van der Waals surface area contributed by atoms with Crippen LogP contribution >= 0.6 is 23.2 Å². The van der Waals surface area contributed by atoms with Crippen LogP contribution in [0.5, 0.6) is 0 Å². The van der Waals surface area contributed by atoms with E-state index in [0.717, 1.165) is 6.42 Å². The van der Waals surface area contributed by atoms with Crippen molar-refractivity contribution in [2.24, 2.45) is 0 Å². The molecule has 0 fully saturated rings. The Bertz CT molecular complexity index is 564. The van der Waals surface area contributed by atoms with Crippen LogP contribution in [-0.4, -0.2) is 37.5 Å². The van der Waals surface area contributed by atoms with Gasteiger partial charge in [-0.25, -0.2) is 4.79 Å². The number of halogens is 2. The third kappa shape index (κ3) is 6.32. The van der Waals surface area contributed by atoms with Crippen molar-refractivity contribution in [3.63, 3.8) is 0 Å². The third-order valence-electron chi connectivity index (χ3n) is 2.50.